The van der Waals surface area contributed by atoms with Gasteiger partial charge in [-0.1, -0.05) is 0 Å². The Morgan fingerprint density at radius 3 is 2.12 bits per heavy atom. The predicted octanol–water partition coefficient (Wildman–Crippen LogP) is 2.88. The van der Waals surface area contributed by atoms with Crippen LogP contribution in [0.3, 0.4) is 0 Å². The quantitative estimate of drug-likeness (QED) is 0.311. The first-order chi connectivity index (χ1) is 12.4. The SMILES string of the molecule is O=C(NCCOc1ccc(NCl)cc1)c1cc([N+](=O)[O-])cc([N+](=O)[O-])c1. The number of halogens is 1. The number of carbonyl (C=O) groups excluding carboxylic acids is 1. The maximum atomic E-state index is 12.1. The van der Waals surface area contributed by atoms with Gasteiger partial charge in [-0.25, -0.2) is 0 Å². The number of hydrogen-bond acceptors (Lipinski definition) is 7. The van der Waals surface area contributed by atoms with E-state index in [1.54, 1.807) is 24.3 Å². The molecule has 0 radical (unpaired) electrons. The predicted molar refractivity (Wildman–Crippen MR) is 93.5 cm³/mol. The minimum Gasteiger partial charge on any atom is -0.492 e. The van der Waals surface area contributed by atoms with Gasteiger partial charge in [0.2, 0.25) is 0 Å². The van der Waals surface area contributed by atoms with Crippen LogP contribution in [0.15, 0.2) is 42.5 Å². The van der Waals surface area contributed by atoms with Gasteiger partial charge in [-0.05, 0) is 24.3 Å². The summed E-state index contributed by atoms with van der Waals surface area (Å²) in [5, 5.41) is 24.1. The zero-order valence-electron chi connectivity index (χ0n) is 13.2. The molecule has 0 saturated carbocycles. The number of anilines is 1. The molecule has 0 aliphatic rings. The van der Waals surface area contributed by atoms with Crippen molar-refractivity contribution in [1.29, 1.82) is 0 Å². The highest BCUT2D eigenvalue weighted by molar-refractivity contribution is 6.23. The summed E-state index contributed by atoms with van der Waals surface area (Å²) in [6.45, 7) is 0.237. The fraction of sp³-hybridized carbons (Fsp3) is 0.133. The number of hydrogen-bond donors (Lipinski definition) is 2. The maximum Gasteiger partial charge on any atom is 0.277 e. The summed E-state index contributed by atoms with van der Waals surface area (Å²) in [6, 6.07) is 9.49. The van der Waals surface area contributed by atoms with E-state index in [-0.39, 0.29) is 18.7 Å². The van der Waals surface area contributed by atoms with Gasteiger partial charge in [0.15, 0.2) is 0 Å². The molecule has 0 atom stereocenters. The van der Waals surface area contributed by atoms with Gasteiger partial charge < -0.3 is 10.1 Å². The Hall–Kier alpha value is -3.40. The number of benzene rings is 2. The maximum absolute atomic E-state index is 12.1. The van der Waals surface area contributed by atoms with E-state index in [2.05, 4.69) is 10.2 Å². The number of rotatable bonds is 8. The average Bonchev–Trinajstić information content (AvgIpc) is 2.65. The van der Waals surface area contributed by atoms with Crippen molar-refractivity contribution in [2.45, 2.75) is 0 Å². The van der Waals surface area contributed by atoms with Crippen molar-refractivity contribution >= 4 is 34.7 Å². The van der Waals surface area contributed by atoms with Crippen LogP contribution < -0.4 is 14.9 Å². The lowest BCUT2D eigenvalue weighted by atomic mass is 10.1. The van der Waals surface area contributed by atoms with E-state index >= 15 is 0 Å². The van der Waals surface area contributed by atoms with Crippen LogP contribution in [0.1, 0.15) is 10.4 Å². The van der Waals surface area contributed by atoms with Crippen molar-refractivity contribution in [3.63, 3.8) is 0 Å². The molecule has 0 aliphatic heterocycles. The molecule has 2 N–H and O–H groups in total. The van der Waals surface area contributed by atoms with Gasteiger partial charge >= 0.3 is 0 Å². The molecule has 0 aromatic heterocycles. The summed E-state index contributed by atoms with van der Waals surface area (Å²) < 4.78 is 5.41. The first-order valence-electron chi connectivity index (χ1n) is 7.22. The zero-order chi connectivity index (χ0) is 19.1. The second-order valence-corrected chi connectivity index (χ2v) is 5.16. The lowest BCUT2D eigenvalue weighted by molar-refractivity contribution is -0.394. The molecule has 0 fully saturated rings. The normalized spacial score (nSPS) is 10.0. The molecule has 0 heterocycles. The van der Waals surface area contributed by atoms with Gasteiger partial charge in [0.1, 0.15) is 12.4 Å². The zero-order valence-corrected chi connectivity index (χ0v) is 13.9. The van der Waals surface area contributed by atoms with E-state index in [1.165, 1.54) is 0 Å². The second kappa shape index (κ2) is 8.62. The lowest BCUT2D eigenvalue weighted by Crippen LogP contribution is -2.28. The van der Waals surface area contributed by atoms with Gasteiger partial charge in [0.25, 0.3) is 17.3 Å². The van der Waals surface area contributed by atoms with E-state index in [0.717, 1.165) is 18.2 Å². The molecule has 11 heteroatoms. The first-order valence-corrected chi connectivity index (χ1v) is 7.60. The van der Waals surface area contributed by atoms with E-state index in [1.807, 2.05) is 0 Å². The molecule has 0 bridgehead atoms. The van der Waals surface area contributed by atoms with Crippen LogP contribution in [0.2, 0.25) is 0 Å². The molecule has 0 unspecified atom stereocenters. The Kier molecular flexibility index (Phi) is 6.28. The van der Waals surface area contributed by atoms with Crippen molar-refractivity contribution in [2.75, 3.05) is 18.0 Å². The number of amides is 1. The van der Waals surface area contributed by atoms with Gasteiger partial charge in [-0.2, -0.15) is 0 Å². The summed E-state index contributed by atoms with van der Waals surface area (Å²) >= 11 is 5.44. The smallest absolute Gasteiger partial charge is 0.277 e. The standard InChI is InChI=1S/C15H13ClN4O6/c16-18-11-1-3-14(4-2-11)26-6-5-17-15(21)10-7-12(19(22)23)9-13(8-10)20(24)25/h1-4,7-9,18H,5-6H2,(H,17,21). The van der Waals surface area contributed by atoms with Crippen LogP contribution in [0.5, 0.6) is 5.75 Å². The van der Waals surface area contributed by atoms with Crippen LogP contribution >= 0.6 is 11.8 Å². The van der Waals surface area contributed by atoms with Crippen molar-refractivity contribution in [3.05, 3.63) is 68.3 Å². The highest BCUT2D eigenvalue weighted by Crippen LogP contribution is 2.22. The number of carbonyl (C=O) groups is 1. The summed E-state index contributed by atoms with van der Waals surface area (Å²) in [6.07, 6.45) is 0. The molecule has 2 rings (SSSR count). The molecular weight excluding hydrogens is 368 g/mol. The molecule has 2 aromatic rings. The van der Waals surface area contributed by atoms with Crippen molar-refractivity contribution in [1.82, 2.24) is 5.32 Å². The van der Waals surface area contributed by atoms with Crippen LogP contribution in [0.25, 0.3) is 0 Å². The highest BCUT2D eigenvalue weighted by Gasteiger charge is 2.19. The number of nitro benzene ring substituents is 2. The number of non-ortho nitro benzene ring substituents is 2. The molecule has 0 saturated heterocycles. The van der Waals surface area contributed by atoms with Crippen LogP contribution in [0.4, 0.5) is 17.1 Å². The molecule has 10 nitrogen and oxygen atoms in total. The van der Waals surface area contributed by atoms with Gasteiger partial charge in [0, 0.05) is 29.6 Å². The van der Waals surface area contributed by atoms with Gasteiger partial charge in [0.05, 0.1) is 28.0 Å². The lowest BCUT2D eigenvalue weighted by Gasteiger charge is -2.08. The molecule has 1 amide bonds. The van der Waals surface area contributed by atoms with Gasteiger partial charge in [-0.3, -0.25) is 29.9 Å². The van der Waals surface area contributed by atoms with Gasteiger partial charge in [-0.15, -0.1) is 0 Å². The largest absolute Gasteiger partial charge is 0.492 e. The fourth-order valence-electron chi connectivity index (χ4n) is 1.99. The third kappa shape index (κ3) is 5.05. The summed E-state index contributed by atoms with van der Waals surface area (Å²) in [5.74, 6) is -0.122. The molecule has 0 aliphatic carbocycles. The van der Waals surface area contributed by atoms with Crippen LogP contribution in [0, 0.1) is 20.2 Å². The Labute approximate surface area is 152 Å². The Bertz CT molecular complexity index is 795. The number of nitrogens with one attached hydrogen (secondary N) is 2. The topological polar surface area (TPSA) is 137 Å². The van der Waals surface area contributed by atoms with Crippen LogP contribution in [-0.4, -0.2) is 28.9 Å². The average molecular weight is 381 g/mol. The summed E-state index contributed by atoms with van der Waals surface area (Å²) in [7, 11) is 0. The molecule has 26 heavy (non-hydrogen) atoms. The Morgan fingerprint density at radius 1 is 1.04 bits per heavy atom. The molecule has 136 valence electrons. The monoisotopic (exact) mass is 380 g/mol. The molecule has 0 spiro atoms. The second-order valence-electron chi connectivity index (χ2n) is 4.98. The summed E-state index contributed by atoms with van der Waals surface area (Å²) in [4.78, 5) is 34.6. The minimum absolute atomic E-state index is 0.102. The Balaban J connectivity index is 1.94. The minimum atomic E-state index is -0.799. The Morgan fingerprint density at radius 2 is 1.62 bits per heavy atom. The number of nitro groups is 2. The van der Waals surface area contributed by atoms with E-state index in [0.29, 0.717) is 11.4 Å². The highest BCUT2D eigenvalue weighted by atomic mass is 35.5. The first kappa shape index (κ1) is 18.9. The molecule has 2 aromatic carbocycles. The third-order valence-electron chi connectivity index (χ3n) is 3.21. The van der Waals surface area contributed by atoms with Crippen molar-refractivity contribution in [3.8, 4) is 5.75 Å². The number of ether oxygens (including phenoxy) is 1. The molecular formula is C15H13ClN4O6. The van der Waals surface area contributed by atoms with Crippen molar-refractivity contribution in [2.24, 2.45) is 0 Å². The number of nitrogens with zero attached hydrogens (tertiary/aromatic N) is 2. The summed E-state index contributed by atoms with van der Waals surface area (Å²) in [5.41, 5.74) is -0.551. The van der Waals surface area contributed by atoms with Crippen LogP contribution in [-0.2, 0) is 0 Å². The fourth-order valence-corrected chi connectivity index (χ4v) is 2.11. The van der Waals surface area contributed by atoms with E-state index in [9.17, 15) is 25.0 Å². The third-order valence-corrected chi connectivity index (χ3v) is 3.42. The van der Waals surface area contributed by atoms with E-state index in [4.69, 9.17) is 16.5 Å². The van der Waals surface area contributed by atoms with Crippen molar-refractivity contribution < 1.29 is 19.4 Å². The van der Waals surface area contributed by atoms with E-state index < -0.39 is 27.1 Å².